The zero-order valence-electron chi connectivity index (χ0n) is 15.0. The van der Waals surface area contributed by atoms with Gasteiger partial charge in [0.1, 0.15) is 0 Å². The Labute approximate surface area is 143 Å². The molecule has 1 aromatic heterocycles. The van der Waals surface area contributed by atoms with E-state index in [2.05, 4.69) is 47.3 Å². The molecule has 0 fully saturated rings. The van der Waals surface area contributed by atoms with Gasteiger partial charge in [0.15, 0.2) is 0 Å². The average molecular weight is 320 g/mol. The van der Waals surface area contributed by atoms with E-state index in [1.165, 1.54) is 5.56 Å². The monoisotopic (exact) mass is 320 g/mol. The number of aryl methyl sites for hydroxylation is 2. The fourth-order valence-corrected chi connectivity index (χ4v) is 2.93. The number of rotatable bonds is 2. The molecule has 124 valence electrons. The van der Waals surface area contributed by atoms with Crippen molar-refractivity contribution >= 4 is 22.5 Å². The Bertz CT molecular complexity index is 899. The standard InChI is InChI=1S/C21H24N2O/c1-14-13-15(2)18(22-20(24)21(3,4)5)19-17(14)11-12-23(19)16-9-7-6-8-10-16/h6-13H,1-5H3,(H,22,24). The van der Waals surface area contributed by atoms with Crippen LogP contribution in [0.5, 0.6) is 0 Å². The lowest BCUT2D eigenvalue weighted by atomic mass is 9.95. The Morgan fingerprint density at radius 3 is 2.29 bits per heavy atom. The Kier molecular flexibility index (Phi) is 3.96. The van der Waals surface area contributed by atoms with Crippen LogP contribution in [-0.2, 0) is 4.79 Å². The highest BCUT2D eigenvalue weighted by Crippen LogP contribution is 2.34. The summed E-state index contributed by atoms with van der Waals surface area (Å²) in [7, 11) is 0. The molecule has 0 spiro atoms. The van der Waals surface area contributed by atoms with Gasteiger partial charge in [-0.15, -0.1) is 0 Å². The normalized spacial score (nSPS) is 11.7. The van der Waals surface area contributed by atoms with E-state index in [1.54, 1.807) is 0 Å². The Morgan fingerprint density at radius 2 is 1.67 bits per heavy atom. The maximum absolute atomic E-state index is 12.6. The number of hydrogen-bond donors (Lipinski definition) is 1. The van der Waals surface area contributed by atoms with E-state index in [4.69, 9.17) is 0 Å². The molecule has 3 rings (SSSR count). The van der Waals surface area contributed by atoms with Crippen LogP contribution in [0.4, 0.5) is 5.69 Å². The maximum atomic E-state index is 12.6. The molecule has 3 nitrogen and oxygen atoms in total. The number of nitrogens with one attached hydrogen (secondary N) is 1. The van der Waals surface area contributed by atoms with Crippen molar-refractivity contribution < 1.29 is 4.79 Å². The molecular weight excluding hydrogens is 296 g/mol. The number of benzene rings is 2. The minimum Gasteiger partial charge on any atom is -0.324 e. The van der Waals surface area contributed by atoms with E-state index in [9.17, 15) is 4.79 Å². The van der Waals surface area contributed by atoms with Gasteiger partial charge in [-0.25, -0.2) is 0 Å². The number of carbonyl (C=O) groups is 1. The van der Waals surface area contributed by atoms with E-state index in [0.717, 1.165) is 27.8 Å². The van der Waals surface area contributed by atoms with Crippen LogP contribution in [0.1, 0.15) is 31.9 Å². The molecule has 1 heterocycles. The van der Waals surface area contributed by atoms with Crippen molar-refractivity contribution in [3.63, 3.8) is 0 Å². The quantitative estimate of drug-likeness (QED) is 0.689. The summed E-state index contributed by atoms with van der Waals surface area (Å²) in [6.07, 6.45) is 2.07. The van der Waals surface area contributed by atoms with Crippen molar-refractivity contribution in [1.29, 1.82) is 0 Å². The van der Waals surface area contributed by atoms with Crippen molar-refractivity contribution in [1.82, 2.24) is 4.57 Å². The minimum absolute atomic E-state index is 0.0246. The number of aromatic nitrogens is 1. The summed E-state index contributed by atoms with van der Waals surface area (Å²) >= 11 is 0. The lowest BCUT2D eigenvalue weighted by molar-refractivity contribution is -0.123. The van der Waals surface area contributed by atoms with Gasteiger partial charge >= 0.3 is 0 Å². The minimum atomic E-state index is -0.437. The zero-order chi connectivity index (χ0) is 17.5. The first kappa shape index (κ1) is 16.3. The van der Waals surface area contributed by atoms with Gasteiger partial charge in [0.05, 0.1) is 11.2 Å². The van der Waals surface area contributed by atoms with Crippen molar-refractivity contribution in [3.05, 3.63) is 59.8 Å². The third kappa shape index (κ3) is 2.82. The molecule has 2 aromatic carbocycles. The van der Waals surface area contributed by atoms with Gasteiger partial charge in [-0.2, -0.15) is 0 Å². The summed E-state index contributed by atoms with van der Waals surface area (Å²) in [5.74, 6) is 0.0246. The molecule has 0 unspecified atom stereocenters. The topological polar surface area (TPSA) is 34.0 Å². The molecule has 1 N–H and O–H groups in total. The highest BCUT2D eigenvalue weighted by Gasteiger charge is 2.23. The highest BCUT2D eigenvalue weighted by atomic mass is 16.2. The van der Waals surface area contributed by atoms with E-state index >= 15 is 0 Å². The molecule has 0 aliphatic rings. The maximum Gasteiger partial charge on any atom is 0.229 e. The molecular formula is C21H24N2O. The molecule has 3 heteroatoms. The molecule has 1 amide bonds. The van der Waals surface area contributed by atoms with Gasteiger partial charge in [0.2, 0.25) is 5.91 Å². The fourth-order valence-electron chi connectivity index (χ4n) is 2.93. The van der Waals surface area contributed by atoms with E-state index in [-0.39, 0.29) is 5.91 Å². The Hall–Kier alpha value is -2.55. The zero-order valence-corrected chi connectivity index (χ0v) is 15.0. The molecule has 0 atom stereocenters. The molecule has 3 aromatic rings. The van der Waals surface area contributed by atoms with Crippen LogP contribution < -0.4 is 5.32 Å². The van der Waals surface area contributed by atoms with Crippen LogP contribution in [0.2, 0.25) is 0 Å². The first-order valence-corrected chi connectivity index (χ1v) is 8.27. The van der Waals surface area contributed by atoms with Crippen LogP contribution in [0.25, 0.3) is 16.6 Å². The first-order chi connectivity index (χ1) is 11.3. The summed E-state index contributed by atoms with van der Waals surface area (Å²) in [6, 6.07) is 14.5. The predicted molar refractivity (Wildman–Crippen MR) is 101 cm³/mol. The second-order valence-electron chi connectivity index (χ2n) is 7.37. The summed E-state index contributed by atoms with van der Waals surface area (Å²) in [6.45, 7) is 9.95. The second-order valence-corrected chi connectivity index (χ2v) is 7.37. The number of amides is 1. The molecule has 24 heavy (non-hydrogen) atoms. The molecule has 0 radical (unpaired) electrons. The van der Waals surface area contributed by atoms with Gasteiger partial charge in [0, 0.05) is 22.7 Å². The van der Waals surface area contributed by atoms with Crippen LogP contribution in [-0.4, -0.2) is 10.5 Å². The summed E-state index contributed by atoms with van der Waals surface area (Å²) in [5.41, 5.74) is 4.89. The lowest BCUT2D eigenvalue weighted by Gasteiger charge is -2.21. The Morgan fingerprint density at radius 1 is 1.00 bits per heavy atom. The van der Waals surface area contributed by atoms with E-state index in [0.29, 0.717) is 0 Å². The van der Waals surface area contributed by atoms with Crippen LogP contribution in [0, 0.1) is 19.3 Å². The van der Waals surface area contributed by atoms with Gasteiger partial charge in [-0.1, -0.05) is 45.0 Å². The number of nitrogens with zero attached hydrogens (tertiary/aromatic N) is 1. The molecule has 0 aliphatic carbocycles. The van der Waals surface area contributed by atoms with Crippen LogP contribution >= 0.6 is 0 Å². The highest BCUT2D eigenvalue weighted by molar-refractivity contribution is 6.05. The average Bonchev–Trinajstić information content (AvgIpc) is 2.96. The lowest BCUT2D eigenvalue weighted by Crippen LogP contribution is -2.28. The summed E-state index contributed by atoms with van der Waals surface area (Å²) < 4.78 is 2.15. The largest absolute Gasteiger partial charge is 0.324 e. The van der Waals surface area contributed by atoms with Crippen LogP contribution in [0.15, 0.2) is 48.7 Å². The number of para-hydroxylation sites is 1. The van der Waals surface area contributed by atoms with E-state index < -0.39 is 5.41 Å². The number of anilines is 1. The number of carbonyl (C=O) groups excluding carboxylic acids is 1. The Balaban J connectivity index is 2.25. The number of fused-ring (bicyclic) bond motifs is 1. The summed E-state index contributed by atoms with van der Waals surface area (Å²) in [5, 5.41) is 4.32. The smallest absolute Gasteiger partial charge is 0.229 e. The molecule has 0 saturated carbocycles. The van der Waals surface area contributed by atoms with Gasteiger partial charge < -0.3 is 9.88 Å². The van der Waals surface area contributed by atoms with Gasteiger partial charge in [0.25, 0.3) is 0 Å². The molecule has 0 aliphatic heterocycles. The fraction of sp³-hybridized carbons (Fsp3) is 0.286. The van der Waals surface area contributed by atoms with Crippen molar-refractivity contribution in [2.75, 3.05) is 5.32 Å². The van der Waals surface area contributed by atoms with E-state index in [1.807, 2.05) is 45.9 Å². The van der Waals surface area contributed by atoms with Gasteiger partial charge in [-0.05, 0) is 43.2 Å². The SMILES string of the molecule is Cc1cc(C)c2ccn(-c3ccccc3)c2c1NC(=O)C(C)(C)C. The third-order valence-corrected chi connectivity index (χ3v) is 4.33. The first-order valence-electron chi connectivity index (χ1n) is 8.27. The predicted octanol–water partition coefficient (Wildman–Crippen LogP) is 5.23. The van der Waals surface area contributed by atoms with Crippen LogP contribution in [0.3, 0.4) is 0 Å². The van der Waals surface area contributed by atoms with Crippen molar-refractivity contribution in [2.24, 2.45) is 5.41 Å². The second kappa shape index (κ2) is 5.82. The van der Waals surface area contributed by atoms with Crippen molar-refractivity contribution in [3.8, 4) is 5.69 Å². The molecule has 0 saturated heterocycles. The van der Waals surface area contributed by atoms with Gasteiger partial charge in [-0.3, -0.25) is 4.79 Å². The third-order valence-electron chi connectivity index (χ3n) is 4.33. The summed E-state index contributed by atoms with van der Waals surface area (Å²) in [4.78, 5) is 12.6. The molecule has 0 bridgehead atoms. The van der Waals surface area contributed by atoms with Crippen molar-refractivity contribution in [2.45, 2.75) is 34.6 Å². The number of hydrogen-bond acceptors (Lipinski definition) is 1.